The molecule has 0 aliphatic carbocycles. The van der Waals surface area contributed by atoms with Gasteiger partial charge in [0.15, 0.2) is 5.82 Å². The maximum absolute atomic E-state index is 5.62. The summed E-state index contributed by atoms with van der Waals surface area (Å²) in [6.07, 6.45) is 3.91. The molecule has 3 aromatic rings. The fourth-order valence-corrected chi connectivity index (χ4v) is 3.87. The van der Waals surface area contributed by atoms with Gasteiger partial charge in [0, 0.05) is 29.6 Å². The van der Waals surface area contributed by atoms with Crippen LogP contribution in [0.3, 0.4) is 0 Å². The minimum Gasteiger partial charge on any atom is -0.330 e. The van der Waals surface area contributed by atoms with Gasteiger partial charge in [0.1, 0.15) is 5.69 Å². The van der Waals surface area contributed by atoms with Gasteiger partial charge in [-0.25, -0.2) is 4.98 Å². The first kappa shape index (κ1) is 15.4. The van der Waals surface area contributed by atoms with Crippen molar-refractivity contribution in [1.82, 2.24) is 13.9 Å². The SMILES string of the molecule is CSn1c(-c2nccc(SCCN)c2C)nc2ccccc21. The number of aromatic nitrogens is 3. The number of hydrogen-bond acceptors (Lipinski definition) is 5. The van der Waals surface area contributed by atoms with E-state index in [0.717, 1.165) is 33.9 Å². The molecule has 0 saturated heterocycles. The number of nitrogens with two attached hydrogens (primary N) is 1. The number of thioether (sulfide) groups is 1. The van der Waals surface area contributed by atoms with Gasteiger partial charge in [-0.05, 0) is 42.6 Å². The van der Waals surface area contributed by atoms with Gasteiger partial charge in [-0.2, -0.15) is 0 Å². The van der Waals surface area contributed by atoms with Crippen LogP contribution in [0, 0.1) is 6.92 Å². The lowest BCUT2D eigenvalue weighted by molar-refractivity contribution is 1.12. The molecule has 0 amide bonds. The predicted molar refractivity (Wildman–Crippen MR) is 96.4 cm³/mol. The maximum atomic E-state index is 5.62. The van der Waals surface area contributed by atoms with Gasteiger partial charge >= 0.3 is 0 Å². The molecule has 2 N–H and O–H groups in total. The maximum Gasteiger partial charge on any atom is 0.170 e. The minimum atomic E-state index is 0.672. The lowest BCUT2D eigenvalue weighted by atomic mass is 10.2. The van der Waals surface area contributed by atoms with E-state index in [9.17, 15) is 0 Å². The van der Waals surface area contributed by atoms with Crippen molar-refractivity contribution in [2.24, 2.45) is 5.73 Å². The number of nitrogens with zero attached hydrogens (tertiary/aromatic N) is 3. The molecule has 114 valence electrons. The van der Waals surface area contributed by atoms with E-state index in [1.165, 1.54) is 4.90 Å². The highest BCUT2D eigenvalue weighted by Gasteiger charge is 2.16. The molecule has 0 aliphatic heterocycles. The molecule has 3 rings (SSSR count). The third-order valence-electron chi connectivity index (χ3n) is 3.44. The van der Waals surface area contributed by atoms with Gasteiger partial charge in [0.2, 0.25) is 0 Å². The molecule has 2 aromatic heterocycles. The monoisotopic (exact) mass is 330 g/mol. The first-order valence-electron chi connectivity index (χ1n) is 7.07. The van der Waals surface area contributed by atoms with E-state index in [-0.39, 0.29) is 0 Å². The summed E-state index contributed by atoms with van der Waals surface area (Å²) in [6, 6.07) is 10.2. The van der Waals surface area contributed by atoms with Crippen molar-refractivity contribution in [1.29, 1.82) is 0 Å². The van der Waals surface area contributed by atoms with Gasteiger partial charge in [0.05, 0.1) is 11.0 Å². The van der Waals surface area contributed by atoms with Crippen LogP contribution in [0.4, 0.5) is 0 Å². The normalized spacial score (nSPS) is 11.2. The number of rotatable bonds is 5. The molecule has 0 atom stereocenters. The second-order valence-electron chi connectivity index (χ2n) is 4.82. The molecule has 22 heavy (non-hydrogen) atoms. The Bertz CT molecular complexity index is 798. The molecule has 0 saturated carbocycles. The van der Waals surface area contributed by atoms with Crippen LogP contribution in [0.25, 0.3) is 22.6 Å². The highest BCUT2D eigenvalue weighted by Crippen LogP contribution is 2.32. The standard InChI is InChI=1S/C16H18N4S2/c1-11-14(22-10-8-17)7-9-18-15(11)16-19-12-5-3-4-6-13(12)20(16)21-2/h3-7,9H,8,10,17H2,1-2H3. The summed E-state index contributed by atoms with van der Waals surface area (Å²) >= 11 is 3.41. The average Bonchev–Trinajstić information content (AvgIpc) is 2.92. The summed E-state index contributed by atoms with van der Waals surface area (Å²) in [6.45, 7) is 2.77. The molecule has 0 bridgehead atoms. The van der Waals surface area contributed by atoms with Crippen molar-refractivity contribution in [3.05, 3.63) is 42.1 Å². The van der Waals surface area contributed by atoms with Crippen molar-refractivity contribution in [2.45, 2.75) is 11.8 Å². The Labute approximate surface area is 138 Å². The summed E-state index contributed by atoms with van der Waals surface area (Å²) < 4.78 is 2.14. The Balaban J connectivity index is 2.15. The molecule has 0 aliphatic rings. The van der Waals surface area contributed by atoms with Crippen LogP contribution in [0.5, 0.6) is 0 Å². The summed E-state index contributed by atoms with van der Waals surface area (Å²) in [5.41, 5.74) is 9.82. The summed E-state index contributed by atoms with van der Waals surface area (Å²) in [5, 5.41) is 0. The number of pyridine rings is 1. The Kier molecular flexibility index (Phi) is 4.71. The zero-order valence-corrected chi connectivity index (χ0v) is 14.2. The third kappa shape index (κ3) is 2.74. The largest absolute Gasteiger partial charge is 0.330 e. The van der Waals surface area contributed by atoms with Crippen molar-refractivity contribution >= 4 is 34.7 Å². The van der Waals surface area contributed by atoms with Crippen LogP contribution in [-0.2, 0) is 0 Å². The smallest absolute Gasteiger partial charge is 0.170 e. The van der Waals surface area contributed by atoms with E-state index in [4.69, 9.17) is 10.7 Å². The number of imidazole rings is 1. The molecular weight excluding hydrogens is 312 g/mol. The van der Waals surface area contributed by atoms with Crippen LogP contribution in [0.15, 0.2) is 41.4 Å². The molecule has 6 heteroatoms. The Hall–Kier alpha value is -1.50. The molecule has 0 fully saturated rings. The highest BCUT2D eigenvalue weighted by molar-refractivity contribution is 7.99. The molecule has 4 nitrogen and oxygen atoms in total. The number of hydrogen-bond donors (Lipinski definition) is 1. The molecule has 0 radical (unpaired) electrons. The van der Waals surface area contributed by atoms with Crippen molar-refractivity contribution in [3.8, 4) is 11.5 Å². The van der Waals surface area contributed by atoms with Crippen molar-refractivity contribution in [3.63, 3.8) is 0 Å². The summed E-state index contributed by atoms with van der Waals surface area (Å²) in [7, 11) is 0. The first-order chi connectivity index (χ1) is 10.8. The Morgan fingerprint density at radius 2 is 2.05 bits per heavy atom. The Morgan fingerprint density at radius 1 is 1.23 bits per heavy atom. The average molecular weight is 330 g/mol. The first-order valence-corrected chi connectivity index (χ1v) is 9.23. The van der Waals surface area contributed by atoms with Gasteiger partial charge < -0.3 is 5.73 Å². The van der Waals surface area contributed by atoms with Gasteiger partial charge in [-0.1, -0.05) is 12.1 Å². The molecule has 2 heterocycles. The fourth-order valence-electron chi connectivity index (χ4n) is 2.41. The van der Waals surface area contributed by atoms with Gasteiger partial charge in [0.25, 0.3) is 0 Å². The number of benzene rings is 1. The minimum absolute atomic E-state index is 0.672. The van der Waals surface area contributed by atoms with Crippen molar-refractivity contribution in [2.75, 3.05) is 18.6 Å². The van der Waals surface area contributed by atoms with E-state index >= 15 is 0 Å². The van der Waals surface area contributed by atoms with Crippen LogP contribution in [0.2, 0.25) is 0 Å². The van der Waals surface area contributed by atoms with Crippen molar-refractivity contribution < 1.29 is 0 Å². The third-order valence-corrected chi connectivity index (χ3v) is 5.37. The van der Waals surface area contributed by atoms with Gasteiger partial charge in [-0.15, -0.1) is 11.8 Å². The van der Waals surface area contributed by atoms with E-state index in [1.807, 2.05) is 30.5 Å². The topological polar surface area (TPSA) is 56.7 Å². The zero-order chi connectivity index (χ0) is 15.5. The molecule has 1 aromatic carbocycles. The number of para-hydroxylation sites is 2. The van der Waals surface area contributed by atoms with E-state index in [1.54, 1.807) is 23.7 Å². The zero-order valence-electron chi connectivity index (χ0n) is 12.6. The van der Waals surface area contributed by atoms with Gasteiger partial charge in [-0.3, -0.25) is 8.96 Å². The quantitative estimate of drug-likeness (QED) is 0.725. The van der Waals surface area contributed by atoms with Crippen LogP contribution in [-0.4, -0.2) is 32.5 Å². The second-order valence-corrected chi connectivity index (χ2v) is 6.69. The molecular formula is C16H18N4S2. The predicted octanol–water partition coefficient (Wildman–Crippen LogP) is 3.58. The lowest BCUT2D eigenvalue weighted by Crippen LogP contribution is -2.02. The summed E-state index contributed by atoms with van der Waals surface area (Å²) in [5.74, 6) is 1.81. The van der Waals surface area contributed by atoms with E-state index in [0.29, 0.717) is 6.54 Å². The second kappa shape index (κ2) is 6.73. The summed E-state index contributed by atoms with van der Waals surface area (Å²) in [4.78, 5) is 10.6. The number of fused-ring (bicyclic) bond motifs is 1. The van der Waals surface area contributed by atoms with Crippen LogP contribution < -0.4 is 5.73 Å². The molecule has 0 unspecified atom stereocenters. The molecule has 0 spiro atoms. The van der Waals surface area contributed by atoms with E-state index < -0.39 is 0 Å². The highest BCUT2D eigenvalue weighted by atomic mass is 32.2. The Morgan fingerprint density at radius 3 is 2.82 bits per heavy atom. The van der Waals surface area contributed by atoms with Crippen LogP contribution >= 0.6 is 23.7 Å². The van der Waals surface area contributed by atoms with E-state index in [2.05, 4.69) is 28.2 Å². The lowest BCUT2D eigenvalue weighted by Gasteiger charge is -2.10. The fraction of sp³-hybridized carbons (Fsp3) is 0.250. The van der Waals surface area contributed by atoms with Crippen LogP contribution in [0.1, 0.15) is 5.56 Å².